The van der Waals surface area contributed by atoms with E-state index < -0.39 is 6.23 Å². The number of ether oxygens (including phenoxy) is 2. The number of hydrogen-bond acceptors (Lipinski definition) is 8. The number of aromatic nitrogens is 3. The van der Waals surface area contributed by atoms with E-state index in [9.17, 15) is 5.11 Å². The van der Waals surface area contributed by atoms with E-state index in [0.717, 1.165) is 35.4 Å². The minimum absolute atomic E-state index is 0.0734. The van der Waals surface area contributed by atoms with Gasteiger partial charge in [0, 0.05) is 22.6 Å². The molecule has 0 radical (unpaired) electrons. The third-order valence-electron chi connectivity index (χ3n) is 4.57. The van der Waals surface area contributed by atoms with Crippen molar-refractivity contribution < 1.29 is 14.6 Å². The van der Waals surface area contributed by atoms with Crippen molar-refractivity contribution in [1.29, 1.82) is 0 Å². The van der Waals surface area contributed by atoms with Crippen LogP contribution in [0.5, 0.6) is 17.4 Å². The molecule has 0 fully saturated rings. The van der Waals surface area contributed by atoms with Crippen LogP contribution in [0.3, 0.4) is 0 Å². The molecule has 0 amide bonds. The number of fused-ring (bicyclic) bond motifs is 3. The molecule has 0 bridgehead atoms. The van der Waals surface area contributed by atoms with Crippen molar-refractivity contribution in [3.8, 4) is 28.6 Å². The Morgan fingerprint density at radius 3 is 2.90 bits per heavy atom. The number of hydrogen-bond donors (Lipinski definition) is 2. The smallest absolute Gasteiger partial charge is 0.247 e. The summed E-state index contributed by atoms with van der Waals surface area (Å²) in [6.45, 7) is 2.15. The fourth-order valence-corrected chi connectivity index (χ4v) is 3.89. The van der Waals surface area contributed by atoms with Crippen molar-refractivity contribution in [2.24, 2.45) is 0 Å². The van der Waals surface area contributed by atoms with E-state index >= 15 is 0 Å². The van der Waals surface area contributed by atoms with Crippen molar-refractivity contribution in [3.05, 3.63) is 48.0 Å². The van der Waals surface area contributed by atoms with Gasteiger partial charge in [-0.25, -0.2) is 0 Å². The fourth-order valence-electron chi connectivity index (χ4n) is 3.02. The summed E-state index contributed by atoms with van der Waals surface area (Å²) in [5.41, 5.74) is 3.13. The third kappa shape index (κ3) is 4.07. The summed E-state index contributed by atoms with van der Waals surface area (Å²) in [7, 11) is 1.52. The standard InChI is InChI=1S/C21H22N4O3S/c1-3-4-11-29-21-23-20-18(24-25-21)14-7-5-6-8-15(14)22-19(28-20)13-9-10-16(26)17(12-13)27-2/h5-10,12,19,22,26H,3-4,11H2,1-2H3. The van der Waals surface area contributed by atoms with Crippen molar-refractivity contribution in [2.75, 3.05) is 18.2 Å². The molecule has 8 heteroatoms. The minimum Gasteiger partial charge on any atom is -0.504 e. The molecule has 0 aliphatic carbocycles. The van der Waals surface area contributed by atoms with Gasteiger partial charge < -0.3 is 19.9 Å². The molecule has 0 saturated heterocycles. The first-order valence-corrected chi connectivity index (χ1v) is 10.4. The Kier molecular flexibility index (Phi) is 5.71. The average Bonchev–Trinajstić information content (AvgIpc) is 2.91. The number of methoxy groups -OCH3 is 1. The van der Waals surface area contributed by atoms with Crippen LogP contribution in [0.1, 0.15) is 31.6 Å². The minimum atomic E-state index is -0.530. The number of nitrogens with one attached hydrogen (secondary N) is 1. The lowest BCUT2D eigenvalue weighted by Crippen LogP contribution is -2.17. The molecular weight excluding hydrogens is 388 g/mol. The number of benzene rings is 2. The second-order valence-electron chi connectivity index (χ2n) is 6.57. The largest absolute Gasteiger partial charge is 0.504 e. The highest BCUT2D eigenvalue weighted by molar-refractivity contribution is 7.99. The Balaban J connectivity index is 1.74. The van der Waals surface area contributed by atoms with Gasteiger partial charge in [-0.3, -0.25) is 0 Å². The van der Waals surface area contributed by atoms with Crippen molar-refractivity contribution >= 4 is 17.4 Å². The van der Waals surface area contributed by atoms with Gasteiger partial charge in [-0.05, 0) is 30.7 Å². The number of aromatic hydroxyl groups is 1. The number of para-hydroxylation sites is 1. The molecule has 1 aliphatic rings. The number of unbranched alkanes of at least 4 members (excludes halogenated alkanes) is 1. The average molecular weight is 410 g/mol. The molecule has 1 unspecified atom stereocenters. The zero-order valence-corrected chi connectivity index (χ0v) is 17.1. The van der Waals surface area contributed by atoms with Crippen LogP contribution in [0.15, 0.2) is 47.6 Å². The second kappa shape index (κ2) is 8.57. The molecule has 150 valence electrons. The molecule has 2 aromatic carbocycles. The molecule has 0 saturated carbocycles. The summed E-state index contributed by atoms with van der Waals surface area (Å²) in [6.07, 6.45) is 1.67. The monoisotopic (exact) mass is 410 g/mol. The summed E-state index contributed by atoms with van der Waals surface area (Å²) in [5.74, 6) is 1.81. The van der Waals surface area contributed by atoms with Gasteiger partial charge in [-0.2, -0.15) is 4.98 Å². The summed E-state index contributed by atoms with van der Waals surface area (Å²) in [5, 5.41) is 22.6. The number of anilines is 1. The van der Waals surface area contributed by atoms with Crippen LogP contribution in [0.25, 0.3) is 11.3 Å². The summed E-state index contributed by atoms with van der Waals surface area (Å²) >= 11 is 1.57. The molecule has 1 aliphatic heterocycles. The normalized spacial score (nSPS) is 14.8. The van der Waals surface area contributed by atoms with E-state index in [2.05, 4.69) is 27.4 Å². The first kappa shape index (κ1) is 19.3. The Hall–Kier alpha value is -3.00. The number of phenolic OH excluding ortho intramolecular Hbond substituents is 1. The maximum Gasteiger partial charge on any atom is 0.247 e. The van der Waals surface area contributed by atoms with Crippen LogP contribution in [-0.2, 0) is 0 Å². The highest BCUT2D eigenvalue weighted by Gasteiger charge is 2.26. The number of phenols is 1. The predicted octanol–water partition coefficient (Wildman–Crippen LogP) is 4.65. The predicted molar refractivity (Wildman–Crippen MR) is 113 cm³/mol. The molecule has 1 aromatic heterocycles. The first-order chi connectivity index (χ1) is 14.2. The topological polar surface area (TPSA) is 89.4 Å². The van der Waals surface area contributed by atoms with E-state index in [1.165, 1.54) is 7.11 Å². The second-order valence-corrected chi connectivity index (χ2v) is 7.63. The van der Waals surface area contributed by atoms with Gasteiger partial charge in [0.1, 0.15) is 0 Å². The van der Waals surface area contributed by atoms with Crippen molar-refractivity contribution in [2.45, 2.75) is 31.1 Å². The zero-order chi connectivity index (χ0) is 20.2. The van der Waals surface area contributed by atoms with Gasteiger partial charge in [-0.1, -0.05) is 43.3 Å². The van der Waals surface area contributed by atoms with E-state index in [1.54, 1.807) is 30.0 Å². The molecule has 7 nitrogen and oxygen atoms in total. The molecule has 3 aromatic rings. The van der Waals surface area contributed by atoms with Gasteiger partial charge in [0.05, 0.1) is 7.11 Å². The molecule has 2 N–H and O–H groups in total. The molecule has 29 heavy (non-hydrogen) atoms. The third-order valence-corrected chi connectivity index (χ3v) is 5.49. The maximum absolute atomic E-state index is 9.92. The number of thioether (sulfide) groups is 1. The van der Waals surface area contributed by atoms with E-state index in [0.29, 0.717) is 22.5 Å². The summed E-state index contributed by atoms with van der Waals surface area (Å²) in [6, 6.07) is 12.9. The highest BCUT2D eigenvalue weighted by Crippen LogP contribution is 2.40. The fraction of sp³-hybridized carbons (Fsp3) is 0.286. The van der Waals surface area contributed by atoms with E-state index in [-0.39, 0.29) is 5.75 Å². The lowest BCUT2D eigenvalue weighted by atomic mass is 10.1. The Morgan fingerprint density at radius 1 is 1.21 bits per heavy atom. The maximum atomic E-state index is 9.92. The van der Waals surface area contributed by atoms with E-state index in [1.807, 2.05) is 24.3 Å². The van der Waals surface area contributed by atoms with Crippen molar-refractivity contribution in [1.82, 2.24) is 15.2 Å². The summed E-state index contributed by atoms with van der Waals surface area (Å²) < 4.78 is 11.5. The van der Waals surface area contributed by atoms with Gasteiger partial charge >= 0.3 is 0 Å². The van der Waals surface area contributed by atoms with Gasteiger partial charge in [0.2, 0.25) is 11.0 Å². The Labute approximate surface area is 173 Å². The summed E-state index contributed by atoms with van der Waals surface area (Å²) in [4.78, 5) is 4.63. The van der Waals surface area contributed by atoms with Crippen LogP contribution >= 0.6 is 11.8 Å². The van der Waals surface area contributed by atoms with Gasteiger partial charge in [0.15, 0.2) is 23.4 Å². The first-order valence-electron chi connectivity index (χ1n) is 9.46. The SMILES string of the molecule is CCCCSc1nnc2c(n1)OC(c1ccc(O)c(OC)c1)Nc1ccccc1-2. The Bertz CT molecular complexity index is 1010. The van der Waals surface area contributed by atoms with Gasteiger partial charge in [0.25, 0.3) is 0 Å². The quantitative estimate of drug-likeness (QED) is 0.448. The zero-order valence-electron chi connectivity index (χ0n) is 16.3. The van der Waals surface area contributed by atoms with E-state index in [4.69, 9.17) is 9.47 Å². The van der Waals surface area contributed by atoms with Gasteiger partial charge in [-0.15, -0.1) is 10.2 Å². The molecule has 0 spiro atoms. The molecule has 2 heterocycles. The molecular formula is C21H22N4O3S. The number of rotatable bonds is 6. The van der Waals surface area contributed by atoms with Crippen LogP contribution in [0.2, 0.25) is 0 Å². The molecule has 4 rings (SSSR count). The highest BCUT2D eigenvalue weighted by atomic mass is 32.2. The Morgan fingerprint density at radius 2 is 2.07 bits per heavy atom. The van der Waals surface area contributed by atoms with Crippen LogP contribution < -0.4 is 14.8 Å². The lowest BCUT2D eigenvalue weighted by molar-refractivity contribution is 0.224. The lowest BCUT2D eigenvalue weighted by Gasteiger charge is -2.20. The molecule has 1 atom stereocenters. The van der Waals surface area contributed by atoms with Crippen LogP contribution in [0.4, 0.5) is 5.69 Å². The number of nitrogens with zero attached hydrogens (tertiary/aromatic N) is 3. The van der Waals surface area contributed by atoms with Crippen LogP contribution in [-0.4, -0.2) is 33.2 Å². The van der Waals surface area contributed by atoms with Crippen molar-refractivity contribution in [3.63, 3.8) is 0 Å². The van der Waals surface area contributed by atoms with Crippen LogP contribution in [0, 0.1) is 0 Å².